The van der Waals surface area contributed by atoms with Crippen molar-refractivity contribution in [2.24, 2.45) is 7.05 Å². The van der Waals surface area contributed by atoms with Gasteiger partial charge < -0.3 is 5.32 Å². The standard InChI is InChI=1S/C25H25FN6O/c1-16-23(18-14-27-31(2)15-18)30-32(20-8-4-3-5-9-20)24(16)29-25(33)28-22-10-6-7-17-13-19(26)11-12-21(17)22/h3-5,8-9,11-15,22H,6-7,10H2,1-2H3,(H2,28,29,33). The predicted octanol–water partition coefficient (Wildman–Crippen LogP) is 4.92. The summed E-state index contributed by atoms with van der Waals surface area (Å²) in [5.41, 5.74) is 5.23. The number of aromatic nitrogens is 4. The number of anilines is 1. The molecule has 1 unspecified atom stereocenters. The first kappa shape index (κ1) is 20.9. The Morgan fingerprint density at radius 3 is 2.76 bits per heavy atom. The summed E-state index contributed by atoms with van der Waals surface area (Å²) < 4.78 is 17.1. The molecule has 0 aliphatic heterocycles. The summed E-state index contributed by atoms with van der Waals surface area (Å²) in [6.07, 6.45) is 6.18. The van der Waals surface area contributed by atoms with E-state index in [1.54, 1.807) is 27.7 Å². The molecule has 1 aliphatic carbocycles. The van der Waals surface area contributed by atoms with Gasteiger partial charge in [0.1, 0.15) is 17.3 Å². The lowest BCUT2D eigenvalue weighted by Gasteiger charge is -2.26. The van der Waals surface area contributed by atoms with Gasteiger partial charge in [-0.15, -0.1) is 0 Å². The van der Waals surface area contributed by atoms with E-state index in [-0.39, 0.29) is 17.9 Å². The summed E-state index contributed by atoms with van der Waals surface area (Å²) in [5.74, 6) is 0.344. The predicted molar refractivity (Wildman–Crippen MR) is 125 cm³/mol. The molecule has 2 N–H and O–H groups in total. The maximum absolute atomic E-state index is 13.7. The Morgan fingerprint density at radius 1 is 1.18 bits per heavy atom. The smallest absolute Gasteiger partial charge is 0.320 e. The number of nitrogens with zero attached hydrogens (tertiary/aromatic N) is 4. The lowest BCUT2D eigenvalue weighted by molar-refractivity contribution is 0.247. The van der Waals surface area contributed by atoms with Crippen molar-refractivity contribution in [1.82, 2.24) is 24.9 Å². The monoisotopic (exact) mass is 444 g/mol. The van der Waals surface area contributed by atoms with Crippen LogP contribution in [0.15, 0.2) is 60.9 Å². The zero-order valence-electron chi connectivity index (χ0n) is 18.5. The normalized spacial score (nSPS) is 15.2. The maximum atomic E-state index is 13.7. The summed E-state index contributed by atoms with van der Waals surface area (Å²) in [6.45, 7) is 1.93. The molecule has 0 saturated carbocycles. The van der Waals surface area contributed by atoms with Gasteiger partial charge in [-0.2, -0.15) is 10.2 Å². The van der Waals surface area contributed by atoms with Gasteiger partial charge in [-0.05, 0) is 61.6 Å². The van der Waals surface area contributed by atoms with Gasteiger partial charge in [-0.25, -0.2) is 13.9 Å². The molecule has 2 heterocycles. The van der Waals surface area contributed by atoms with Crippen LogP contribution in [-0.2, 0) is 13.5 Å². The van der Waals surface area contributed by atoms with Crippen molar-refractivity contribution in [3.63, 3.8) is 0 Å². The molecule has 0 bridgehead atoms. The van der Waals surface area contributed by atoms with E-state index < -0.39 is 0 Å². The third kappa shape index (κ3) is 4.11. The van der Waals surface area contributed by atoms with Crippen LogP contribution < -0.4 is 10.6 Å². The number of hydrogen-bond donors (Lipinski definition) is 2. The van der Waals surface area contributed by atoms with Crippen molar-refractivity contribution in [3.05, 3.63) is 83.4 Å². The number of urea groups is 1. The third-order valence-corrected chi connectivity index (χ3v) is 6.06. The van der Waals surface area contributed by atoms with Crippen molar-refractivity contribution in [2.75, 3.05) is 5.32 Å². The van der Waals surface area contributed by atoms with Crippen molar-refractivity contribution < 1.29 is 9.18 Å². The fraction of sp³-hybridized carbons (Fsp3) is 0.240. The Hall–Kier alpha value is -3.94. The van der Waals surface area contributed by atoms with E-state index in [9.17, 15) is 9.18 Å². The molecule has 8 heteroatoms. The fourth-order valence-corrected chi connectivity index (χ4v) is 4.45. The van der Waals surface area contributed by atoms with Crippen LogP contribution in [0.2, 0.25) is 0 Å². The van der Waals surface area contributed by atoms with Crippen LogP contribution in [0.3, 0.4) is 0 Å². The Balaban J connectivity index is 1.46. The van der Waals surface area contributed by atoms with Crippen LogP contribution in [0.25, 0.3) is 16.9 Å². The number of hydrogen-bond acceptors (Lipinski definition) is 3. The number of rotatable bonds is 4. The first-order chi connectivity index (χ1) is 16.0. The number of amides is 2. The summed E-state index contributed by atoms with van der Waals surface area (Å²) in [4.78, 5) is 13.1. The second-order valence-electron chi connectivity index (χ2n) is 8.36. The minimum atomic E-state index is -0.324. The van der Waals surface area contributed by atoms with Crippen molar-refractivity contribution in [2.45, 2.75) is 32.2 Å². The summed E-state index contributed by atoms with van der Waals surface area (Å²) >= 11 is 0. The second kappa shape index (κ2) is 8.54. The van der Waals surface area contributed by atoms with Crippen LogP contribution in [-0.4, -0.2) is 25.6 Å². The number of carbonyl (C=O) groups is 1. The Morgan fingerprint density at radius 2 is 2.00 bits per heavy atom. The molecule has 33 heavy (non-hydrogen) atoms. The van der Waals surface area contributed by atoms with Gasteiger partial charge in [0.15, 0.2) is 0 Å². The molecule has 4 aromatic rings. The molecule has 0 fully saturated rings. The average Bonchev–Trinajstić information content (AvgIpc) is 3.37. The van der Waals surface area contributed by atoms with Crippen molar-refractivity contribution in [3.8, 4) is 16.9 Å². The highest BCUT2D eigenvalue weighted by Crippen LogP contribution is 2.32. The zero-order chi connectivity index (χ0) is 22.9. The molecule has 0 saturated heterocycles. The minimum Gasteiger partial charge on any atom is -0.331 e. The van der Waals surface area contributed by atoms with Crippen LogP contribution in [0, 0.1) is 12.7 Å². The number of benzene rings is 2. The van der Waals surface area contributed by atoms with Crippen molar-refractivity contribution >= 4 is 11.8 Å². The van der Waals surface area contributed by atoms with Crippen molar-refractivity contribution in [1.29, 1.82) is 0 Å². The Labute approximate surface area is 191 Å². The third-order valence-electron chi connectivity index (χ3n) is 6.06. The summed E-state index contributed by atoms with van der Waals surface area (Å²) in [5, 5.41) is 15.1. The van der Waals surface area contributed by atoms with Gasteiger partial charge in [-0.1, -0.05) is 24.3 Å². The molecular weight excluding hydrogens is 419 g/mol. The van der Waals surface area contributed by atoms with Gasteiger partial charge in [0.25, 0.3) is 0 Å². The van der Waals surface area contributed by atoms with Crippen LogP contribution in [0.1, 0.15) is 35.6 Å². The molecule has 5 rings (SSSR count). The topological polar surface area (TPSA) is 76.8 Å². The highest BCUT2D eigenvalue weighted by molar-refractivity contribution is 5.91. The number of aryl methyl sites for hydroxylation is 2. The molecule has 0 radical (unpaired) electrons. The first-order valence-corrected chi connectivity index (χ1v) is 11.0. The second-order valence-corrected chi connectivity index (χ2v) is 8.36. The van der Waals surface area contributed by atoms with Gasteiger partial charge in [-0.3, -0.25) is 10.00 Å². The Bertz CT molecular complexity index is 1310. The number of carbonyl (C=O) groups excluding carboxylic acids is 1. The lowest BCUT2D eigenvalue weighted by atomic mass is 9.88. The number of halogens is 1. The molecule has 168 valence electrons. The minimum absolute atomic E-state index is 0.166. The highest BCUT2D eigenvalue weighted by atomic mass is 19.1. The van der Waals surface area contributed by atoms with E-state index in [0.29, 0.717) is 5.82 Å². The number of fused-ring (bicyclic) bond motifs is 1. The molecule has 1 aliphatic rings. The van der Waals surface area contributed by atoms with E-state index in [1.165, 1.54) is 6.07 Å². The van der Waals surface area contributed by atoms with E-state index in [0.717, 1.165) is 52.9 Å². The molecule has 7 nitrogen and oxygen atoms in total. The van der Waals surface area contributed by atoms with Gasteiger partial charge in [0.2, 0.25) is 0 Å². The largest absolute Gasteiger partial charge is 0.331 e. The van der Waals surface area contributed by atoms with Gasteiger partial charge in [0, 0.05) is 24.4 Å². The molecule has 2 aromatic heterocycles. The SMILES string of the molecule is Cc1c(-c2cnn(C)c2)nn(-c2ccccc2)c1NC(=O)NC1CCCc2cc(F)ccc21. The lowest BCUT2D eigenvalue weighted by Crippen LogP contribution is -2.35. The van der Waals surface area contributed by atoms with Crippen LogP contribution in [0.5, 0.6) is 0 Å². The molecule has 2 amide bonds. The van der Waals surface area contributed by atoms with E-state index in [2.05, 4.69) is 15.7 Å². The van der Waals surface area contributed by atoms with Gasteiger partial charge >= 0.3 is 6.03 Å². The summed E-state index contributed by atoms with van der Waals surface area (Å²) in [6, 6.07) is 14.0. The molecular formula is C25H25FN6O. The zero-order valence-corrected chi connectivity index (χ0v) is 18.5. The van der Waals surface area contributed by atoms with E-state index in [4.69, 9.17) is 5.10 Å². The number of nitrogens with one attached hydrogen (secondary N) is 2. The van der Waals surface area contributed by atoms with Gasteiger partial charge in [0.05, 0.1) is 17.9 Å². The molecule has 1 atom stereocenters. The van der Waals surface area contributed by atoms with E-state index >= 15 is 0 Å². The van der Waals surface area contributed by atoms with E-state index in [1.807, 2.05) is 50.5 Å². The average molecular weight is 445 g/mol. The molecule has 2 aromatic carbocycles. The molecule has 0 spiro atoms. The van der Waals surface area contributed by atoms with Crippen LogP contribution >= 0.6 is 0 Å². The Kier molecular flexibility index (Phi) is 5.42. The quantitative estimate of drug-likeness (QED) is 0.469. The fourth-order valence-electron chi connectivity index (χ4n) is 4.45. The highest BCUT2D eigenvalue weighted by Gasteiger charge is 2.24. The first-order valence-electron chi connectivity index (χ1n) is 11.0. The summed E-state index contributed by atoms with van der Waals surface area (Å²) in [7, 11) is 1.85. The number of para-hydroxylation sites is 1. The maximum Gasteiger partial charge on any atom is 0.320 e. The van der Waals surface area contributed by atoms with Crippen LogP contribution in [0.4, 0.5) is 15.0 Å².